The first kappa shape index (κ1) is 13.8. The summed E-state index contributed by atoms with van der Waals surface area (Å²) in [4.78, 5) is 4.13. The summed E-state index contributed by atoms with van der Waals surface area (Å²) in [5.74, 6) is 0.0933. The number of hydrogen-bond donors (Lipinski definition) is 1. The van der Waals surface area contributed by atoms with Gasteiger partial charge in [0.2, 0.25) is 0 Å². The highest BCUT2D eigenvalue weighted by Gasteiger charge is 2.14. The van der Waals surface area contributed by atoms with Gasteiger partial charge in [-0.3, -0.25) is 0 Å². The number of nitrogens with zero attached hydrogens (tertiary/aromatic N) is 1. The summed E-state index contributed by atoms with van der Waals surface area (Å²) in [6.45, 7) is 0. The van der Waals surface area contributed by atoms with Gasteiger partial charge in [0.05, 0.1) is 15.7 Å². The number of anilines is 1. The molecule has 1 heterocycles. The van der Waals surface area contributed by atoms with Crippen molar-refractivity contribution in [3.05, 3.63) is 53.5 Å². The minimum absolute atomic E-state index is 0.200. The molecular weight excluding hydrogens is 308 g/mol. The number of fused-ring (bicyclic) bond motifs is 1. The van der Waals surface area contributed by atoms with E-state index in [1.54, 1.807) is 48.0 Å². The van der Waals surface area contributed by atoms with E-state index in [2.05, 4.69) is 4.98 Å². The van der Waals surface area contributed by atoms with Gasteiger partial charge < -0.3 is 9.92 Å². The minimum atomic E-state index is -3.71. The zero-order valence-corrected chi connectivity index (χ0v) is 12.5. The maximum Gasteiger partial charge on any atom is 0.313 e. The molecule has 0 saturated carbocycles. The average Bonchev–Trinajstić information content (AvgIpc) is 2.88. The third-order valence-corrected chi connectivity index (χ3v) is 4.77. The molecule has 0 aliphatic rings. The van der Waals surface area contributed by atoms with Crippen LogP contribution in [0.2, 0.25) is 0 Å². The Morgan fingerprint density at radius 1 is 1.14 bits per heavy atom. The molecule has 5 nitrogen and oxygen atoms in total. The Balaban J connectivity index is 1.80. The van der Waals surface area contributed by atoms with Crippen LogP contribution in [0.4, 0.5) is 5.69 Å². The highest BCUT2D eigenvalue weighted by Crippen LogP contribution is 2.25. The van der Waals surface area contributed by atoms with Crippen LogP contribution in [0.5, 0.6) is 5.75 Å². The van der Waals surface area contributed by atoms with E-state index in [0.29, 0.717) is 17.0 Å². The summed E-state index contributed by atoms with van der Waals surface area (Å²) in [6.07, 6.45) is 0. The molecule has 0 radical (unpaired) electrons. The standard InChI is InChI=1S/C14H12N2O3S2/c15-11-3-1-10(2-4-11)8-21(17,18)19-12-5-6-13-14(7-12)20-9-16-13/h1-7,9H,8,15H2. The van der Waals surface area contributed by atoms with E-state index >= 15 is 0 Å². The Bertz CT molecular complexity index is 871. The molecule has 1 aromatic heterocycles. The number of rotatable bonds is 4. The zero-order chi connectivity index (χ0) is 14.9. The molecular formula is C14H12N2O3S2. The highest BCUT2D eigenvalue weighted by molar-refractivity contribution is 7.86. The number of thiazole rings is 1. The van der Waals surface area contributed by atoms with E-state index in [9.17, 15) is 8.42 Å². The molecule has 0 spiro atoms. The topological polar surface area (TPSA) is 82.3 Å². The van der Waals surface area contributed by atoms with Crippen molar-refractivity contribution in [1.29, 1.82) is 0 Å². The quantitative estimate of drug-likeness (QED) is 0.590. The van der Waals surface area contributed by atoms with Gasteiger partial charge in [-0.05, 0) is 29.8 Å². The first-order valence-corrected chi connectivity index (χ1v) is 8.57. The third-order valence-electron chi connectivity index (χ3n) is 2.85. The molecule has 3 rings (SSSR count). The van der Waals surface area contributed by atoms with Gasteiger partial charge in [-0.1, -0.05) is 12.1 Å². The van der Waals surface area contributed by atoms with Crippen LogP contribution < -0.4 is 9.92 Å². The predicted molar refractivity (Wildman–Crippen MR) is 83.7 cm³/mol. The molecule has 2 N–H and O–H groups in total. The van der Waals surface area contributed by atoms with Crippen LogP contribution in [-0.4, -0.2) is 13.4 Å². The second-order valence-electron chi connectivity index (χ2n) is 4.51. The first-order chi connectivity index (χ1) is 10.0. The molecule has 0 aliphatic heterocycles. The Morgan fingerprint density at radius 2 is 1.90 bits per heavy atom. The largest absolute Gasteiger partial charge is 0.399 e. The molecule has 108 valence electrons. The highest BCUT2D eigenvalue weighted by atomic mass is 32.2. The van der Waals surface area contributed by atoms with Crippen molar-refractivity contribution in [2.45, 2.75) is 5.75 Å². The van der Waals surface area contributed by atoms with Gasteiger partial charge >= 0.3 is 10.1 Å². The van der Waals surface area contributed by atoms with Crippen LogP contribution in [0.25, 0.3) is 10.2 Å². The predicted octanol–water partition coefficient (Wildman–Crippen LogP) is 2.79. The number of hydrogen-bond acceptors (Lipinski definition) is 6. The van der Waals surface area contributed by atoms with Crippen molar-refractivity contribution < 1.29 is 12.6 Å². The molecule has 3 aromatic rings. The van der Waals surface area contributed by atoms with Crippen molar-refractivity contribution in [1.82, 2.24) is 4.98 Å². The lowest BCUT2D eigenvalue weighted by Crippen LogP contribution is -2.12. The zero-order valence-electron chi connectivity index (χ0n) is 10.9. The van der Waals surface area contributed by atoms with Gasteiger partial charge in [0, 0.05) is 11.8 Å². The van der Waals surface area contributed by atoms with Crippen molar-refractivity contribution in [2.75, 3.05) is 5.73 Å². The maximum atomic E-state index is 12.1. The Hall–Kier alpha value is -2.12. The normalized spacial score (nSPS) is 11.6. The Kier molecular flexibility index (Phi) is 3.52. The SMILES string of the molecule is Nc1ccc(CS(=O)(=O)Oc2ccc3ncsc3c2)cc1. The Morgan fingerprint density at radius 3 is 2.67 bits per heavy atom. The Labute approximate surface area is 126 Å². The van der Waals surface area contributed by atoms with Crippen molar-refractivity contribution in [3.8, 4) is 5.75 Å². The van der Waals surface area contributed by atoms with Gasteiger partial charge in [0.15, 0.2) is 0 Å². The number of nitrogen functional groups attached to an aromatic ring is 1. The molecule has 0 amide bonds. The average molecular weight is 320 g/mol. The number of aromatic nitrogens is 1. The molecule has 0 bridgehead atoms. The molecule has 0 atom stereocenters. The first-order valence-electron chi connectivity index (χ1n) is 6.12. The van der Waals surface area contributed by atoms with E-state index in [1.807, 2.05) is 0 Å². The summed E-state index contributed by atoms with van der Waals surface area (Å²) in [6, 6.07) is 11.7. The summed E-state index contributed by atoms with van der Waals surface area (Å²) in [5, 5.41) is 0. The van der Waals surface area contributed by atoms with Crippen molar-refractivity contribution >= 4 is 37.4 Å². The molecule has 7 heteroatoms. The van der Waals surface area contributed by atoms with Crippen LogP contribution >= 0.6 is 11.3 Å². The van der Waals surface area contributed by atoms with Crippen LogP contribution in [0.3, 0.4) is 0 Å². The summed E-state index contributed by atoms with van der Waals surface area (Å²) in [5.41, 5.74) is 9.32. The maximum absolute atomic E-state index is 12.1. The van der Waals surface area contributed by atoms with E-state index in [-0.39, 0.29) is 5.75 Å². The third kappa shape index (κ3) is 3.32. The molecule has 0 aliphatic carbocycles. The van der Waals surface area contributed by atoms with Crippen LogP contribution in [0.15, 0.2) is 48.0 Å². The summed E-state index contributed by atoms with van der Waals surface area (Å²) in [7, 11) is -3.71. The van der Waals surface area contributed by atoms with Crippen molar-refractivity contribution in [2.24, 2.45) is 0 Å². The fraction of sp³-hybridized carbons (Fsp3) is 0.0714. The van der Waals surface area contributed by atoms with Gasteiger partial charge in [0.25, 0.3) is 0 Å². The minimum Gasteiger partial charge on any atom is -0.399 e. The summed E-state index contributed by atoms with van der Waals surface area (Å²) < 4.78 is 30.1. The van der Waals surface area contributed by atoms with Gasteiger partial charge in [-0.25, -0.2) is 4.98 Å². The van der Waals surface area contributed by atoms with Crippen LogP contribution in [-0.2, 0) is 15.9 Å². The molecule has 2 aromatic carbocycles. The molecule has 21 heavy (non-hydrogen) atoms. The van der Waals surface area contributed by atoms with E-state index < -0.39 is 10.1 Å². The fourth-order valence-corrected chi connectivity index (χ4v) is 3.64. The van der Waals surface area contributed by atoms with E-state index in [1.165, 1.54) is 11.3 Å². The fourth-order valence-electron chi connectivity index (χ4n) is 1.88. The molecule has 0 unspecified atom stereocenters. The smallest absolute Gasteiger partial charge is 0.313 e. The lowest BCUT2D eigenvalue weighted by atomic mass is 10.2. The van der Waals surface area contributed by atoms with Gasteiger partial charge in [-0.15, -0.1) is 11.3 Å². The van der Waals surface area contributed by atoms with Gasteiger partial charge in [-0.2, -0.15) is 8.42 Å². The lowest BCUT2D eigenvalue weighted by Gasteiger charge is -2.07. The molecule has 0 saturated heterocycles. The van der Waals surface area contributed by atoms with Crippen molar-refractivity contribution in [3.63, 3.8) is 0 Å². The molecule has 0 fully saturated rings. The monoisotopic (exact) mass is 320 g/mol. The van der Waals surface area contributed by atoms with Crippen LogP contribution in [0.1, 0.15) is 5.56 Å². The second kappa shape index (κ2) is 5.34. The van der Waals surface area contributed by atoms with Gasteiger partial charge in [0.1, 0.15) is 11.5 Å². The van der Waals surface area contributed by atoms with E-state index in [4.69, 9.17) is 9.92 Å². The van der Waals surface area contributed by atoms with Crippen LogP contribution in [0, 0.1) is 0 Å². The van der Waals surface area contributed by atoms with E-state index in [0.717, 1.165) is 10.2 Å². The second-order valence-corrected chi connectivity index (χ2v) is 6.97. The summed E-state index contributed by atoms with van der Waals surface area (Å²) >= 11 is 1.43. The number of benzene rings is 2. The number of nitrogens with two attached hydrogens (primary N) is 1. The lowest BCUT2D eigenvalue weighted by molar-refractivity contribution is 0.485.